The molecule has 0 unspecified atom stereocenters. The molecule has 0 amide bonds. The van der Waals surface area contributed by atoms with Crippen LogP contribution in [0.1, 0.15) is 0 Å². The van der Waals surface area contributed by atoms with Gasteiger partial charge in [-0.25, -0.2) is 0 Å². The molecule has 0 bridgehead atoms. The van der Waals surface area contributed by atoms with E-state index in [0.717, 1.165) is 15.2 Å². The average Bonchev–Trinajstić information content (AvgIpc) is 2.23. The summed E-state index contributed by atoms with van der Waals surface area (Å²) in [6, 6.07) is 5.73. The lowest BCUT2D eigenvalue weighted by atomic mass is 10.1. The summed E-state index contributed by atoms with van der Waals surface area (Å²) in [5.74, 6) is -0.470. The van der Waals surface area contributed by atoms with Crippen molar-refractivity contribution in [2.24, 2.45) is 0 Å². The van der Waals surface area contributed by atoms with Crippen LogP contribution in [0.5, 0.6) is 0 Å². The van der Waals surface area contributed by atoms with E-state index < -0.39 is 5.79 Å². The minimum Gasteiger partial charge on any atom is -0.360 e. The summed E-state index contributed by atoms with van der Waals surface area (Å²) in [6.07, 6.45) is 0. The predicted molar refractivity (Wildman–Crippen MR) is 68.1 cm³/mol. The number of nitrogens with zero attached hydrogens (tertiary/aromatic N) is 1. The van der Waals surface area contributed by atoms with Gasteiger partial charge in [-0.1, -0.05) is 11.6 Å². The van der Waals surface area contributed by atoms with Crippen molar-refractivity contribution in [3.63, 3.8) is 0 Å². The van der Waals surface area contributed by atoms with Crippen molar-refractivity contribution >= 4 is 33.2 Å². The Labute approximate surface area is 108 Å². The molecule has 0 radical (unpaired) electrons. The van der Waals surface area contributed by atoms with E-state index in [0.29, 0.717) is 13.1 Å². The van der Waals surface area contributed by atoms with Crippen molar-refractivity contribution in [3.05, 3.63) is 27.7 Å². The van der Waals surface area contributed by atoms with Gasteiger partial charge in [-0.2, -0.15) is 0 Å². The summed E-state index contributed by atoms with van der Waals surface area (Å²) >= 11 is 9.48. The largest absolute Gasteiger partial charge is 0.360 e. The van der Waals surface area contributed by atoms with Gasteiger partial charge in [0, 0.05) is 23.7 Å². The Morgan fingerprint density at radius 2 is 1.94 bits per heavy atom. The molecule has 3 nitrogen and oxygen atoms in total. The Morgan fingerprint density at radius 1 is 1.31 bits per heavy atom. The van der Waals surface area contributed by atoms with Crippen LogP contribution >= 0.6 is 27.5 Å². The molecule has 1 aromatic rings. The zero-order valence-corrected chi connectivity index (χ0v) is 11.5. The smallest absolute Gasteiger partial charge is 0.203 e. The van der Waals surface area contributed by atoms with Crippen LogP contribution in [0, 0.1) is 0 Å². The number of halogens is 2. The molecule has 1 heterocycles. The maximum atomic E-state index is 5.97. The van der Waals surface area contributed by atoms with E-state index in [2.05, 4.69) is 20.8 Å². The number of hydrogen-bond acceptors (Lipinski definition) is 3. The highest BCUT2D eigenvalue weighted by molar-refractivity contribution is 9.10. The molecule has 1 aliphatic rings. The average molecular weight is 307 g/mol. The highest BCUT2D eigenvalue weighted by Crippen LogP contribution is 2.36. The van der Waals surface area contributed by atoms with Crippen LogP contribution in [-0.2, 0) is 9.47 Å². The van der Waals surface area contributed by atoms with Gasteiger partial charge in [-0.15, -0.1) is 0 Å². The third-order valence-electron chi connectivity index (χ3n) is 2.86. The minimum atomic E-state index is -0.470. The van der Waals surface area contributed by atoms with Crippen LogP contribution in [0.25, 0.3) is 0 Å². The first-order chi connectivity index (χ1) is 7.60. The van der Waals surface area contributed by atoms with Gasteiger partial charge in [0.25, 0.3) is 0 Å². The number of methoxy groups -OCH3 is 2. The van der Waals surface area contributed by atoms with Gasteiger partial charge in [0.15, 0.2) is 0 Å². The Hall–Kier alpha value is -0.290. The van der Waals surface area contributed by atoms with E-state index in [1.54, 1.807) is 14.2 Å². The molecule has 1 saturated heterocycles. The number of rotatable bonds is 3. The Balaban J connectivity index is 2.14. The first-order valence-electron chi connectivity index (χ1n) is 4.90. The highest BCUT2D eigenvalue weighted by Gasteiger charge is 2.44. The fourth-order valence-electron chi connectivity index (χ4n) is 1.78. The van der Waals surface area contributed by atoms with Crippen LogP contribution in [0.15, 0.2) is 22.7 Å². The maximum Gasteiger partial charge on any atom is 0.203 e. The second kappa shape index (κ2) is 4.53. The number of ether oxygens (including phenoxy) is 2. The monoisotopic (exact) mass is 305 g/mol. The number of benzene rings is 1. The van der Waals surface area contributed by atoms with Crippen LogP contribution in [0.4, 0.5) is 5.69 Å². The SMILES string of the molecule is COC1(OC)CN(c2cc(Cl)ccc2Br)C1. The quantitative estimate of drug-likeness (QED) is 0.802. The van der Waals surface area contributed by atoms with Gasteiger partial charge in [0.05, 0.1) is 18.8 Å². The van der Waals surface area contributed by atoms with E-state index in [-0.39, 0.29) is 0 Å². The third kappa shape index (κ3) is 2.07. The summed E-state index contributed by atoms with van der Waals surface area (Å²) in [5.41, 5.74) is 1.07. The van der Waals surface area contributed by atoms with Gasteiger partial charge >= 0.3 is 0 Å². The molecule has 0 atom stereocenters. The van der Waals surface area contributed by atoms with Gasteiger partial charge < -0.3 is 14.4 Å². The molecule has 88 valence electrons. The number of anilines is 1. The van der Waals surface area contributed by atoms with E-state index in [4.69, 9.17) is 21.1 Å². The van der Waals surface area contributed by atoms with Crippen molar-refractivity contribution in [2.45, 2.75) is 5.79 Å². The second-order valence-corrected chi connectivity index (χ2v) is 5.06. The Morgan fingerprint density at radius 3 is 2.50 bits per heavy atom. The summed E-state index contributed by atoms with van der Waals surface area (Å²) in [7, 11) is 3.32. The van der Waals surface area contributed by atoms with Crippen molar-refractivity contribution in [3.8, 4) is 0 Å². The lowest BCUT2D eigenvalue weighted by molar-refractivity contribution is -0.219. The summed E-state index contributed by atoms with van der Waals surface area (Å²) in [5, 5.41) is 0.727. The van der Waals surface area contributed by atoms with Crippen LogP contribution < -0.4 is 4.90 Å². The first kappa shape index (κ1) is 12.2. The van der Waals surface area contributed by atoms with Gasteiger partial charge in [0.2, 0.25) is 5.79 Å². The molecule has 1 aromatic carbocycles. The molecular formula is C11H13BrClNO2. The second-order valence-electron chi connectivity index (χ2n) is 3.77. The molecular weight excluding hydrogens is 293 g/mol. The van der Waals surface area contributed by atoms with Crippen LogP contribution in [0.2, 0.25) is 5.02 Å². The predicted octanol–water partition coefficient (Wildman–Crippen LogP) is 2.91. The third-order valence-corrected chi connectivity index (χ3v) is 3.76. The van der Waals surface area contributed by atoms with E-state index >= 15 is 0 Å². The molecule has 2 rings (SSSR count). The Bertz CT molecular complexity index is 388. The van der Waals surface area contributed by atoms with Crippen molar-refractivity contribution in [1.82, 2.24) is 0 Å². The fourth-order valence-corrected chi connectivity index (χ4v) is 2.44. The van der Waals surface area contributed by atoms with Crippen LogP contribution in [-0.4, -0.2) is 33.1 Å². The fraction of sp³-hybridized carbons (Fsp3) is 0.455. The van der Waals surface area contributed by atoms with Crippen LogP contribution in [0.3, 0.4) is 0 Å². The zero-order valence-electron chi connectivity index (χ0n) is 9.17. The summed E-state index contributed by atoms with van der Waals surface area (Å²) in [4.78, 5) is 2.16. The molecule has 0 saturated carbocycles. The molecule has 1 aliphatic heterocycles. The highest BCUT2D eigenvalue weighted by atomic mass is 79.9. The molecule has 0 aliphatic carbocycles. The standard InChI is InChI=1S/C11H13BrClNO2/c1-15-11(16-2)6-14(7-11)10-5-8(13)3-4-9(10)12/h3-5H,6-7H2,1-2H3. The van der Waals surface area contributed by atoms with Crippen molar-refractivity contribution < 1.29 is 9.47 Å². The van der Waals surface area contributed by atoms with E-state index in [9.17, 15) is 0 Å². The van der Waals surface area contributed by atoms with E-state index in [1.165, 1.54) is 0 Å². The normalized spacial score (nSPS) is 18.4. The van der Waals surface area contributed by atoms with E-state index in [1.807, 2.05) is 18.2 Å². The lowest BCUT2D eigenvalue weighted by Gasteiger charge is -2.49. The van der Waals surface area contributed by atoms with Gasteiger partial charge in [0.1, 0.15) is 0 Å². The molecule has 0 N–H and O–H groups in total. The molecule has 5 heteroatoms. The van der Waals surface area contributed by atoms with Gasteiger partial charge in [-0.3, -0.25) is 0 Å². The zero-order chi connectivity index (χ0) is 11.8. The molecule has 1 fully saturated rings. The van der Waals surface area contributed by atoms with Crippen molar-refractivity contribution in [2.75, 3.05) is 32.2 Å². The molecule has 0 spiro atoms. The molecule has 16 heavy (non-hydrogen) atoms. The summed E-state index contributed by atoms with van der Waals surface area (Å²) < 4.78 is 11.7. The van der Waals surface area contributed by atoms with Crippen molar-refractivity contribution in [1.29, 1.82) is 0 Å². The minimum absolute atomic E-state index is 0.470. The topological polar surface area (TPSA) is 21.7 Å². The number of hydrogen-bond donors (Lipinski definition) is 0. The Kier molecular flexibility index (Phi) is 3.45. The maximum absolute atomic E-state index is 5.97. The molecule has 0 aromatic heterocycles. The lowest BCUT2D eigenvalue weighted by Crippen LogP contribution is -2.64. The van der Waals surface area contributed by atoms with Gasteiger partial charge in [-0.05, 0) is 34.1 Å². The first-order valence-corrected chi connectivity index (χ1v) is 6.07. The summed E-state index contributed by atoms with van der Waals surface area (Å²) in [6.45, 7) is 1.41.